The molecule has 6 unspecified atom stereocenters. The number of carboxylic acid groups (broad SMARTS) is 1. The van der Waals surface area contributed by atoms with Crippen molar-refractivity contribution in [2.24, 2.45) is 0 Å². The van der Waals surface area contributed by atoms with Gasteiger partial charge >= 0.3 is 17.9 Å². The highest BCUT2D eigenvalue weighted by atomic mass is 16.7. The minimum Gasteiger partial charge on any atom is -0.479 e. The summed E-state index contributed by atoms with van der Waals surface area (Å²) < 4.78 is 21.8. The molecule has 0 aromatic heterocycles. The summed E-state index contributed by atoms with van der Waals surface area (Å²) in [5.74, 6) is -2.47. The van der Waals surface area contributed by atoms with Crippen molar-refractivity contribution in [3.05, 3.63) is 60.8 Å². The molecule has 1 heterocycles. The van der Waals surface area contributed by atoms with Crippen molar-refractivity contribution in [1.29, 1.82) is 0 Å². The number of carbonyl (C=O) groups is 3. The molecule has 62 heavy (non-hydrogen) atoms. The Kier molecular flexibility index (Phi) is 37.3. The fraction of sp³-hybridized carbons (Fsp3) is 0.745. The summed E-state index contributed by atoms with van der Waals surface area (Å²) in [5, 5.41) is 39.9. The van der Waals surface area contributed by atoms with Gasteiger partial charge in [0.25, 0.3) is 0 Å². The molecule has 11 heteroatoms. The third-order valence-corrected chi connectivity index (χ3v) is 10.8. The van der Waals surface area contributed by atoms with Crippen molar-refractivity contribution < 1.29 is 53.8 Å². The summed E-state index contributed by atoms with van der Waals surface area (Å²) in [5.41, 5.74) is 0. The summed E-state index contributed by atoms with van der Waals surface area (Å²) in [6.45, 7) is 3.75. The Labute approximate surface area is 375 Å². The Morgan fingerprint density at radius 1 is 0.500 bits per heavy atom. The number of esters is 2. The zero-order valence-electron chi connectivity index (χ0n) is 38.6. The van der Waals surface area contributed by atoms with Crippen LogP contribution in [-0.4, -0.2) is 88.4 Å². The van der Waals surface area contributed by atoms with E-state index in [2.05, 4.69) is 74.6 Å². The second-order valence-electron chi connectivity index (χ2n) is 16.6. The molecule has 0 bridgehead atoms. The minimum atomic E-state index is -1.87. The summed E-state index contributed by atoms with van der Waals surface area (Å²) in [4.78, 5) is 36.9. The first-order valence-corrected chi connectivity index (χ1v) is 24.3. The molecule has 6 atom stereocenters. The molecule has 0 radical (unpaired) electrons. The van der Waals surface area contributed by atoms with Gasteiger partial charge in [0.2, 0.25) is 0 Å². The fourth-order valence-corrected chi connectivity index (χ4v) is 6.97. The van der Waals surface area contributed by atoms with Crippen LogP contribution in [0.3, 0.4) is 0 Å². The van der Waals surface area contributed by atoms with Crippen LogP contribution in [0.25, 0.3) is 0 Å². The number of aliphatic hydroxyl groups excluding tert-OH is 3. The van der Waals surface area contributed by atoms with Gasteiger partial charge in [0.05, 0.1) is 6.61 Å². The molecule has 1 fully saturated rings. The Hall–Kier alpha value is -3.09. The molecule has 0 aromatic rings. The highest BCUT2D eigenvalue weighted by Gasteiger charge is 2.47. The normalized spacial score (nSPS) is 20.0. The first kappa shape index (κ1) is 56.9. The zero-order valence-corrected chi connectivity index (χ0v) is 38.6. The monoisotopic (exact) mass is 875 g/mol. The number of aliphatic hydroxyl groups is 3. The van der Waals surface area contributed by atoms with Gasteiger partial charge in [0.15, 0.2) is 18.5 Å². The van der Waals surface area contributed by atoms with Crippen molar-refractivity contribution in [2.45, 2.75) is 230 Å². The Balaban J connectivity index is 2.35. The SMILES string of the molecule is CCCCC/C=C\C/C=C\C/C=C\CCCCCCCCC(=O)OCC(COC1OC(C(=O)O)C(O)C(O)C1O)OC(=O)CCCCCCCCC/C=C\C/C=C\CCCCC. The van der Waals surface area contributed by atoms with Crippen LogP contribution in [0.5, 0.6) is 0 Å². The zero-order chi connectivity index (χ0) is 45.3. The number of carboxylic acids is 1. The van der Waals surface area contributed by atoms with E-state index in [4.69, 9.17) is 18.9 Å². The van der Waals surface area contributed by atoms with Crippen LogP contribution in [0.1, 0.15) is 194 Å². The van der Waals surface area contributed by atoms with Gasteiger partial charge in [-0.25, -0.2) is 4.79 Å². The molecule has 356 valence electrons. The predicted octanol–water partition coefficient (Wildman–Crippen LogP) is 11.1. The van der Waals surface area contributed by atoms with Crippen LogP contribution in [0.4, 0.5) is 0 Å². The van der Waals surface area contributed by atoms with Crippen LogP contribution in [0.2, 0.25) is 0 Å². The van der Waals surface area contributed by atoms with E-state index in [0.29, 0.717) is 12.8 Å². The van der Waals surface area contributed by atoms with E-state index in [1.165, 1.54) is 64.2 Å². The number of hydrogen-bond acceptors (Lipinski definition) is 10. The van der Waals surface area contributed by atoms with Crippen molar-refractivity contribution in [3.63, 3.8) is 0 Å². The van der Waals surface area contributed by atoms with Crippen LogP contribution in [0.15, 0.2) is 60.8 Å². The summed E-state index contributed by atoms with van der Waals surface area (Å²) >= 11 is 0. The molecule has 1 aliphatic heterocycles. The van der Waals surface area contributed by atoms with Crippen molar-refractivity contribution in [2.75, 3.05) is 13.2 Å². The maximum atomic E-state index is 12.8. The lowest BCUT2D eigenvalue weighted by Gasteiger charge is -2.38. The quantitative estimate of drug-likeness (QED) is 0.0263. The number of hydrogen-bond donors (Lipinski definition) is 4. The lowest BCUT2D eigenvalue weighted by molar-refractivity contribution is -0.298. The van der Waals surface area contributed by atoms with Gasteiger partial charge < -0.3 is 39.4 Å². The van der Waals surface area contributed by atoms with Gasteiger partial charge in [-0.2, -0.15) is 0 Å². The molecule has 0 amide bonds. The molecule has 0 saturated carbocycles. The average Bonchev–Trinajstić information content (AvgIpc) is 3.26. The molecule has 1 rings (SSSR count). The van der Waals surface area contributed by atoms with Gasteiger partial charge in [-0.3, -0.25) is 9.59 Å². The van der Waals surface area contributed by atoms with E-state index in [1.54, 1.807) is 0 Å². The number of allylic oxidation sites excluding steroid dienone is 10. The second kappa shape index (κ2) is 40.7. The largest absolute Gasteiger partial charge is 0.479 e. The van der Waals surface area contributed by atoms with Crippen LogP contribution in [0, 0.1) is 0 Å². The molecule has 0 aromatic carbocycles. The number of aliphatic carboxylic acids is 1. The maximum Gasteiger partial charge on any atom is 0.335 e. The molecule has 0 aliphatic carbocycles. The van der Waals surface area contributed by atoms with E-state index >= 15 is 0 Å². The third-order valence-electron chi connectivity index (χ3n) is 10.8. The van der Waals surface area contributed by atoms with E-state index in [-0.39, 0.29) is 19.4 Å². The van der Waals surface area contributed by atoms with Gasteiger partial charge in [0.1, 0.15) is 24.9 Å². The lowest BCUT2D eigenvalue weighted by Crippen LogP contribution is -2.60. The number of unbranched alkanes of at least 4 members (excludes halogenated alkanes) is 19. The van der Waals surface area contributed by atoms with Gasteiger partial charge in [-0.05, 0) is 83.5 Å². The van der Waals surface area contributed by atoms with Gasteiger partial charge in [-0.15, -0.1) is 0 Å². The van der Waals surface area contributed by atoms with Crippen molar-refractivity contribution >= 4 is 17.9 Å². The van der Waals surface area contributed by atoms with Crippen LogP contribution in [-0.2, 0) is 33.3 Å². The molecule has 1 aliphatic rings. The van der Waals surface area contributed by atoms with Crippen LogP contribution < -0.4 is 0 Å². The number of carbonyl (C=O) groups excluding carboxylic acids is 2. The molecule has 11 nitrogen and oxygen atoms in total. The topological polar surface area (TPSA) is 169 Å². The lowest BCUT2D eigenvalue weighted by atomic mass is 9.99. The second-order valence-corrected chi connectivity index (χ2v) is 16.6. The van der Waals surface area contributed by atoms with Crippen LogP contribution >= 0.6 is 0 Å². The van der Waals surface area contributed by atoms with E-state index in [1.807, 2.05) is 0 Å². The highest BCUT2D eigenvalue weighted by Crippen LogP contribution is 2.23. The first-order chi connectivity index (χ1) is 30.2. The minimum absolute atomic E-state index is 0.168. The van der Waals surface area contributed by atoms with Gasteiger partial charge in [-0.1, -0.05) is 158 Å². The highest BCUT2D eigenvalue weighted by molar-refractivity contribution is 5.73. The average molecular weight is 875 g/mol. The maximum absolute atomic E-state index is 12.8. The van der Waals surface area contributed by atoms with Crippen molar-refractivity contribution in [3.8, 4) is 0 Å². The number of rotatable bonds is 40. The van der Waals surface area contributed by atoms with E-state index < -0.39 is 61.3 Å². The molecule has 0 spiro atoms. The predicted molar refractivity (Wildman–Crippen MR) is 247 cm³/mol. The molecule has 1 saturated heterocycles. The fourth-order valence-electron chi connectivity index (χ4n) is 6.97. The smallest absolute Gasteiger partial charge is 0.335 e. The number of ether oxygens (including phenoxy) is 4. The molecular weight excluding hydrogens is 789 g/mol. The van der Waals surface area contributed by atoms with Crippen molar-refractivity contribution in [1.82, 2.24) is 0 Å². The Morgan fingerprint density at radius 3 is 1.35 bits per heavy atom. The van der Waals surface area contributed by atoms with E-state index in [0.717, 1.165) is 89.9 Å². The summed E-state index contributed by atoms with van der Waals surface area (Å²) in [7, 11) is 0. The Morgan fingerprint density at radius 2 is 0.903 bits per heavy atom. The molecule has 4 N–H and O–H groups in total. The standard InChI is InChI=1S/C51H86O11/c1-3-5-7-9-11-13-15-17-19-21-22-24-25-27-29-31-33-35-37-39-44(52)59-41-43(42-60-51-48(56)46(54)47(55)49(62-51)50(57)58)61-45(53)40-38-36-34-32-30-28-26-23-20-18-16-14-12-10-8-6-4-2/h11-14,17-20,22,24,43,46-49,51,54-56H,3-10,15-16,21,23,25-42H2,1-2H3,(H,57,58)/b13-11-,14-12-,19-17-,20-18-,24-22-. The van der Waals surface area contributed by atoms with E-state index in [9.17, 15) is 34.8 Å². The third kappa shape index (κ3) is 31.7. The summed E-state index contributed by atoms with van der Waals surface area (Å²) in [6.07, 6.45) is 41.1. The first-order valence-electron chi connectivity index (χ1n) is 24.3. The Bertz CT molecular complexity index is 1260. The molecular formula is C51H86O11. The summed E-state index contributed by atoms with van der Waals surface area (Å²) in [6, 6.07) is 0. The van der Waals surface area contributed by atoms with Gasteiger partial charge in [0, 0.05) is 12.8 Å².